The van der Waals surface area contributed by atoms with Crippen LogP contribution in [-0.4, -0.2) is 31.0 Å². The molecular weight excluding hydrogens is 398 g/mol. The van der Waals surface area contributed by atoms with Gasteiger partial charge in [-0.3, -0.25) is 4.79 Å². The van der Waals surface area contributed by atoms with Crippen LogP contribution in [0.4, 0.5) is 10.1 Å². The Balaban J connectivity index is 0.00000441. The van der Waals surface area contributed by atoms with E-state index in [1.165, 1.54) is 12.1 Å². The van der Waals surface area contributed by atoms with Crippen LogP contribution in [0, 0.1) is 5.82 Å². The Morgan fingerprint density at radius 3 is 2.68 bits per heavy atom. The molecule has 22 heavy (non-hydrogen) atoms. The van der Waals surface area contributed by atoms with E-state index in [2.05, 4.69) is 27.9 Å². The third-order valence-corrected chi connectivity index (χ3v) is 2.83. The number of halogens is 2. The first kappa shape index (κ1) is 20.6. The highest BCUT2D eigenvalue weighted by atomic mass is 127. The van der Waals surface area contributed by atoms with Gasteiger partial charge in [0.1, 0.15) is 12.4 Å². The number of carbonyl (C=O) groups excluding carboxylic acids is 1. The van der Waals surface area contributed by atoms with Gasteiger partial charge in [-0.05, 0) is 38.5 Å². The third kappa shape index (κ3) is 8.16. The summed E-state index contributed by atoms with van der Waals surface area (Å²) in [4.78, 5) is 16.0. The van der Waals surface area contributed by atoms with E-state index < -0.39 is 0 Å². The molecule has 0 bridgehead atoms. The molecule has 7 heteroatoms. The van der Waals surface area contributed by atoms with Gasteiger partial charge < -0.3 is 16.0 Å². The smallest absolute Gasteiger partial charge is 0.246 e. The fourth-order valence-corrected chi connectivity index (χ4v) is 1.57. The molecule has 124 valence electrons. The van der Waals surface area contributed by atoms with Crippen molar-refractivity contribution in [2.45, 2.75) is 33.2 Å². The van der Waals surface area contributed by atoms with Crippen LogP contribution in [0.15, 0.2) is 29.3 Å². The van der Waals surface area contributed by atoms with Crippen LogP contribution < -0.4 is 16.0 Å². The third-order valence-electron chi connectivity index (χ3n) is 2.83. The van der Waals surface area contributed by atoms with Crippen LogP contribution in [0.3, 0.4) is 0 Å². The van der Waals surface area contributed by atoms with Gasteiger partial charge in [0, 0.05) is 18.3 Å². The minimum absolute atomic E-state index is 0. The van der Waals surface area contributed by atoms with Crippen LogP contribution in [0.5, 0.6) is 0 Å². The molecule has 0 aliphatic rings. The van der Waals surface area contributed by atoms with E-state index in [1.807, 2.05) is 13.8 Å². The predicted molar refractivity (Wildman–Crippen MR) is 99.3 cm³/mol. The summed E-state index contributed by atoms with van der Waals surface area (Å²) < 4.78 is 13.0. The van der Waals surface area contributed by atoms with E-state index in [0.29, 0.717) is 18.2 Å². The zero-order valence-corrected chi connectivity index (χ0v) is 15.5. The van der Waals surface area contributed by atoms with Crippen LogP contribution in [0.25, 0.3) is 0 Å². The minimum atomic E-state index is -0.386. The Kier molecular flexibility index (Phi) is 10.5. The molecule has 1 rings (SSSR count). The highest BCUT2D eigenvalue weighted by molar-refractivity contribution is 14.0. The number of hydrogen-bond donors (Lipinski definition) is 3. The molecule has 1 amide bonds. The first-order valence-corrected chi connectivity index (χ1v) is 7.15. The van der Waals surface area contributed by atoms with Crippen molar-refractivity contribution < 1.29 is 9.18 Å². The second kappa shape index (κ2) is 11.2. The van der Waals surface area contributed by atoms with Crippen molar-refractivity contribution in [1.29, 1.82) is 0 Å². The number of guanidine groups is 1. The molecule has 0 spiro atoms. The molecule has 1 unspecified atom stereocenters. The molecule has 1 atom stereocenters. The molecule has 0 aromatic heterocycles. The molecule has 0 fully saturated rings. The maximum atomic E-state index is 13.0. The average Bonchev–Trinajstić information content (AvgIpc) is 2.45. The SMILES string of the molecule is CCNC(=NCC(=O)Nc1cccc(F)c1)NC(C)CC.I. The Morgan fingerprint density at radius 2 is 2.09 bits per heavy atom. The van der Waals surface area contributed by atoms with Crippen LogP contribution in [0.2, 0.25) is 0 Å². The second-order valence-electron chi connectivity index (χ2n) is 4.71. The number of nitrogens with zero attached hydrogens (tertiary/aromatic N) is 1. The second-order valence-corrected chi connectivity index (χ2v) is 4.71. The number of nitrogens with one attached hydrogen (secondary N) is 3. The van der Waals surface area contributed by atoms with Crippen LogP contribution >= 0.6 is 24.0 Å². The average molecular weight is 422 g/mol. The summed E-state index contributed by atoms with van der Waals surface area (Å²) in [5.41, 5.74) is 0.426. The van der Waals surface area contributed by atoms with E-state index in [0.717, 1.165) is 6.42 Å². The lowest BCUT2D eigenvalue weighted by atomic mass is 10.3. The zero-order valence-electron chi connectivity index (χ0n) is 13.1. The minimum Gasteiger partial charge on any atom is -0.357 e. The highest BCUT2D eigenvalue weighted by Crippen LogP contribution is 2.08. The number of aliphatic imine (C=N–C) groups is 1. The van der Waals surface area contributed by atoms with Gasteiger partial charge in [-0.15, -0.1) is 24.0 Å². The van der Waals surface area contributed by atoms with Crippen molar-refractivity contribution in [2.24, 2.45) is 4.99 Å². The van der Waals surface area contributed by atoms with E-state index in [1.54, 1.807) is 12.1 Å². The van der Waals surface area contributed by atoms with Crippen molar-refractivity contribution in [1.82, 2.24) is 10.6 Å². The van der Waals surface area contributed by atoms with E-state index in [-0.39, 0.29) is 48.3 Å². The van der Waals surface area contributed by atoms with E-state index in [4.69, 9.17) is 0 Å². The van der Waals surface area contributed by atoms with Crippen LogP contribution in [-0.2, 0) is 4.79 Å². The van der Waals surface area contributed by atoms with Gasteiger partial charge in [-0.2, -0.15) is 0 Å². The van der Waals surface area contributed by atoms with E-state index >= 15 is 0 Å². The molecule has 0 aliphatic heterocycles. The fraction of sp³-hybridized carbons (Fsp3) is 0.467. The molecule has 1 aromatic rings. The molecule has 0 heterocycles. The number of hydrogen-bond acceptors (Lipinski definition) is 2. The van der Waals surface area contributed by atoms with Gasteiger partial charge in [-0.1, -0.05) is 13.0 Å². The molecule has 5 nitrogen and oxygen atoms in total. The van der Waals surface area contributed by atoms with Crippen LogP contribution in [0.1, 0.15) is 27.2 Å². The van der Waals surface area contributed by atoms with Gasteiger partial charge in [0.2, 0.25) is 5.91 Å². The molecule has 1 aromatic carbocycles. The number of anilines is 1. The molecule has 0 aliphatic carbocycles. The number of rotatable bonds is 6. The summed E-state index contributed by atoms with van der Waals surface area (Å²) in [7, 11) is 0. The largest absolute Gasteiger partial charge is 0.357 e. The summed E-state index contributed by atoms with van der Waals surface area (Å²) in [6, 6.07) is 6.04. The van der Waals surface area contributed by atoms with E-state index in [9.17, 15) is 9.18 Å². The summed E-state index contributed by atoms with van der Waals surface area (Å²) in [5, 5.41) is 8.88. The predicted octanol–water partition coefficient (Wildman–Crippen LogP) is 2.74. The topological polar surface area (TPSA) is 65.5 Å². The summed E-state index contributed by atoms with van der Waals surface area (Å²) in [6.45, 7) is 6.76. The lowest BCUT2D eigenvalue weighted by Gasteiger charge is -2.16. The standard InChI is InChI=1S/C15H23FN4O.HI/c1-4-11(3)19-15(17-5-2)18-10-14(21)20-13-8-6-7-12(16)9-13;/h6-9,11H,4-5,10H2,1-3H3,(H,20,21)(H2,17,18,19);1H. The van der Waals surface area contributed by atoms with Crippen molar-refractivity contribution >= 4 is 41.5 Å². The number of benzene rings is 1. The molecule has 3 N–H and O–H groups in total. The number of amides is 1. The van der Waals surface area contributed by atoms with Gasteiger partial charge in [-0.25, -0.2) is 9.38 Å². The Hall–Kier alpha value is -1.38. The fourth-order valence-electron chi connectivity index (χ4n) is 1.57. The Bertz CT molecular complexity index is 496. The maximum Gasteiger partial charge on any atom is 0.246 e. The molecular formula is C15H24FIN4O. The molecule has 0 saturated heterocycles. The first-order chi connectivity index (χ1) is 10.0. The van der Waals surface area contributed by atoms with Gasteiger partial charge in [0.05, 0.1) is 0 Å². The summed E-state index contributed by atoms with van der Waals surface area (Å²) in [6.07, 6.45) is 0.958. The number of carbonyl (C=O) groups is 1. The normalized spacial score (nSPS) is 12.1. The van der Waals surface area contributed by atoms with Crippen molar-refractivity contribution in [3.8, 4) is 0 Å². The summed E-state index contributed by atoms with van der Waals surface area (Å²) in [5.74, 6) is -0.0775. The Labute approximate surface area is 148 Å². The maximum absolute atomic E-state index is 13.0. The first-order valence-electron chi connectivity index (χ1n) is 7.15. The quantitative estimate of drug-likeness (QED) is 0.375. The van der Waals surface area contributed by atoms with Crippen molar-refractivity contribution in [3.63, 3.8) is 0 Å². The lowest BCUT2D eigenvalue weighted by molar-refractivity contribution is -0.114. The zero-order chi connectivity index (χ0) is 15.7. The lowest BCUT2D eigenvalue weighted by Crippen LogP contribution is -2.42. The Morgan fingerprint density at radius 1 is 1.36 bits per heavy atom. The van der Waals surface area contributed by atoms with Crippen molar-refractivity contribution in [2.75, 3.05) is 18.4 Å². The molecule has 0 saturated carbocycles. The van der Waals surface area contributed by atoms with Gasteiger partial charge >= 0.3 is 0 Å². The monoisotopic (exact) mass is 422 g/mol. The summed E-state index contributed by atoms with van der Waals surface area (Å²) >= 11 is 0. The molecule has 0 radical (unpaired) electrons. The van der Waals surface area contributed by atoms with Gasteiger partial charge in [0.15, 0.2) is 5.96 Å². The van der Waals surface area contributed by atoms with Crippen molar-refractivity contribution in [3.05, 3.63) is 30.1 Å². The highest BCUT2D eigenvalue weighted by Gasteiger charge is 2.05. The van der Waals surface area contributed by atoms with Gasteiger partial charge in [0.25, 0.3) is 0 Å².